The van der Waals surface area contributed by atoms with Crippen LogP contribution in [-0.4, -0.2) is 65.5 Å². The number of sulfonamides is 1. The van der Waals surface area contributed by atoms with Gasteiger partial charge in [-0.25, -0.2) is 32.6 Å². The predicted octanol–water partition coefficient (Wildman–Crippen LogP) is 1.56. The summed E-state index contributed by atoms with van der Waals surface area (Å²) >= 11 is 0. The van der Waals surface area contributed by atoms with Crippen LogP contribution in [0.25, 0.3) is 22.3 Å². The number of carboxylic acid groups (broad SMARTS) is 1. The van der Waals surface area contributed by atoms with Crippen molar-refractivity contribution >= 4 is 38.5 Å². The molecule has 3 N–H and O–H groups in total. The fourth-order valence-corrected chi connectivity index (χ4v) is 6.01. The van der Waals surface area contributed by atoms with Crippen molar-refractivity contribution < 1.29 is 31.9 Å². The maximum Gasteiger partial charge on any atom is 0.335 e. The first-order valence-electron chi connectivity index (χ1n) is 14.4. The van der Waals surface area contributed by atoms with Crippen molar-refractivity contribution in [1.82, 2.24) is 39.4 Å². The summed E-state index contributed by atoms with van der Waals surface area (Å²) in [6.45, 7) is 0. The number of aliphatic carboxylic acids is 1. The van der Waals surface area contributed by atoms with E-state index >= 15 is 8.78 Å². The number of hydrogen-bond acceptors (Lipinski definition) is 10. The van der Waals surface area contributed by atoms with Crippen LogP contribution < -0.4 is 21.3 Å². The lowest BCUT2D eigenvalue weighted by molar-refractivity contribution is -0.139. The van der Waals surface area contributed by atoms with Crippen LogP contribution in [0.3, 0.4) is 0 Å². The van der Waals surface area contributed by atoms with Crippen LogP contribution in [-0.2, 0) is 28.3 Å². The summed E-state index contributed by atoms with van der Waals surface area (Å²) in [4.78, 5) is 58.7. The van der Waals surface area contributed by atoms with Crippen LogP contribution in [0.2, 0.25) is 0 Å². The van der Waals surface area contributed by atoms with Gasteiger partial charge in [0.15, 0.2) is 5.03 Å². The molecule has 0 fully saturated rings. The second-order valence-electron chi connectivity index (χ2n) is 10.7. The van der Waals surface area contributed by atoms with Crippen molar-refractivity contribution in [3.8, 4) is 11.4 Å². The molecule has 0 unspecified atom stereocenters. The molecule has 4 aromatic heterocycles. The molecule has 0 saturated heterocycles. The number of fused-ring (bicyclic) bond motifs is 1. The highest BCUT2D eigenvalue weighted by Gasteiger charge is 2.27. The Bertz CT molecular complexity index is 2480. The van der Waals surface area contributed by atoms with Crippen LogP contribution in [0, 0.1) is 11.6 Å². The van der Waals surface area contributed by atoms with Gasteiger partial charge in [-0.2, -0.15) is 8.42 Å². The van der Waals surface area contributed by atoms with E-state index in [1.165, 1.54) is 83.7 Å². The van der Waals surface area contributed by atoms with Crippen LogP contribution in [0.4, 0.5) is 14.5 Å². The third-order valence-electron chi connectivity index (χ3n) is 7.52. The van der Waals surface area contributed by atoms with Crippen molar-refractivity contribution in [2.24, 2.45) is 7.05 Å². The average Bonchev–Trinajstić information content (AvgIpc) is 3.63. The van der Waals surface area contributed by atoms with Crippen molar-refractivity contribution in [3.63, 3.8) is 0 Å². The summed E-state index contributed by atoms with van der Waals surface area (Å²) in [5.74, 6) is -5.88. The quantitative estimate of drug-likeness (QED) is 0.186. The number of rotatable bonds is 10. The molecular weight excluding hydrogens is 680 g/mol. The Balaban J connectivity index is 1.17. The molecule has 1 atom stereocenters. The minimum absolute atomic E-state index is 0.188. The Morgan fingerprint density at radius 2 is 1.66 bits per heavy atom. The highest BCUT2D eigenvalue weighted by molar-refractivity contribution is 7.92. The van der Waals surface area contributed by atoms with Crippen LogP contribution >= 0.6 is 0 Å². The number of halogens is 2. The van der Waals surface area contributed by atoms with E-state index in [2.05, 4.69) is 25.6 Å². The number of anilines is 1. The lowest BCUT2D eigenvalue weighted by Crippen LogP contribution is -2.43. The summed E-state index contributed by atoms with van der Waals surface area (Å²) < 4.78 is 61.2. The maximum absolute atomic E-state index is 15.1. The molecule has 19 heteroatoms. The van der Waals surface area contributed by atoms with Gasteiger partial charge in [-0.1, -0.05) is 17.3 Å². The van der Waals surface area contributed by atoms with Gasteiger partial charge in [0.2, 0.25) is 0 Å². The number of carbonyl (C=O) groups excluding carboxylic acids is 1. The van der Waals surface area contributed by atoms with E-state index in [-0.39, 0.29) is 17.5 Å². The highest BCUT2D eigenvalue weighted by atomic mass is 32.2. The van der Waals surface area contributed by atoms with E-state index in [1.54, 1.807) is 0 Å². The Hall–Kier alpha value is -6.63. The number of aromatic nitrogens is 7. The number of aryl methyl sites for hydroxylation is 1. The zero-order valence-electron chi connectivity index (χ0n) is 25.6. The van der Waals surface area contributed by atoms with E-state index in [4.69, 9.17) is 0 Å². The molecule has 4 heterocycles. The first kappa shape index (κ1) is 33.3. The average molecular weight is 704 g/mol. The highest BCUT2D eigenvalue weighted by Crippen LogP contribution is 2.22. The number of nitrogens with zero attached hydrogens (tertiary/aromatic N) is 7. The van der Waals surface area contributed by atoms with Gasteiger partial charge < -0.3 is 10.4 Å². The molecule has 254 valence electrons. The van der Waals surface area contributed by atoms with Crippen molar-refractivity contribution in [2.75, 3.05) is 4.72 Å². The molecule has 0 aliphatic heterocycles. The van der Waals surface area contributed by atoms with Crippen LogP contribution in [0.1, 0.15) is 15.9 Å². The number of nitrogens with one attached hydrogen (secondary N) is 2. The second-order valence-corrected chi connectivity index (χ2v) is 12.4. The third-order valence-corrected chi connectivity index (χ3v) is 8.81. The summed E-state index contributed by atoms with van der Waals surface area (Å²) in [5, 5.41) is 19.0. The molecule has 0 aliphatic rings. The molecule has 16 nitrogen and oxygen atoms in total. The summed E-state index contributed by atoms with van der Waals surface area (Å²) in [5.41, 5.74) is -1.69. The van der Waals surface area contributed by atoms with Gasteiger partial charge in [-0.05, 0) is 48.0 Å². The largest absolute Gasteiger partial charge is 0.480 e. The summed E-state index contributed by atoms with van der Waals surface area (Å²) in [6.07, 6.45) is 6.56. The Labute approximate surface area is 279 Å². The van der Waals surface area contributed by atoms with Crippen molar-refractivity contribution in [2.45, 2.75) is 17.5 Å². The van der Waals surface area contributed by atoms with Gasteiger partial charge in [0.05, 0.1) is 52.8 Å². The summed E-state index contributed by atoms with van der Waals surface area (Å²) in [7, 11) is -2.95. The molecule has 2 aromatic carbocycles. The number of carbonyl (C=O) groups is 2. The molecule has 1 amide bonds. The number of hydrogen-bond donors (Lipinski definition) is 3. The van der Waals surface area contributed by atoms with Gasteiger partial charge in [0.1, 0.15) is 23.2 Å². The van der Waals surface area contributed by atoms with Gasteiger partial charge in [-0.3, -0.25) is 23.9 Å². The molecule has 0 spiro atoms. The predicted molar refractivity (Wildman–Crippen MR) is 171 cm³/mol. The molecule has 6 aromatic rings. The van der Waals surface area contributed by atoms with E-state index in [1.807, 2.05) is 4.72 Å². The molecular formula is C31H23F2N9O7S. The first-order chi connectivity index (χ1) is 23.8. The number of pyridine rings is 2. The smallest absolute Gasteiger partial charge is 0.335 e. The van der Waals surface area contributed by atoms with E-state index in [9.17, 15) is 32.7 Å². The fraction of sp³-hybridized carbons (Fsp3) is 0.0968. The Morgan fingerprint density at radius 1 is 0.960 bits per heavy atom. The molecule has 0 saturated carbocycles. The standard InChI is InChI=1S/C31H23F2N9O7S/c1-40-25-16-34-9-8-21(25)29(44)42(31(40)47)19-4-2-17(3-5-19)12-24(30(45)46)37-28(43)27-22(32)13-18(14-23(27)33)38-50(48,49)26-7-6-20(15-35-26)41-11-10-36-39-41/h2-11,13-16,24,38H,12H2,1H3,(H,37,43)(H,45,46)/t24-/m0/s1. The van der Waals surface area contributed by atoms with E-state index in [0.717, 1.165) is 10.6 Å². The van der Waals surface area contributed by atoms with E-state index < -0.39 is 67.1 Å². The van der Waals surface area contributed by atoms with Gasteiger partial charge >= 0.3 is 11.7 Å². The minimum Gasteiger partial charge on any atom is -0.480 e. The lowest BCUT2D eigenvalue weighted by atomic mass is 10.0. The fourth-order valence-electron chi connectivity index (χ4n) is 5.04. The lowest BCUT2D eigenvalue weighted by Gasteiger charge is -2.16. The monoisotopic (exact) mass is 703 g/mol. The normalized spacial score (nSPS) is 12.1. The molecule has 0 aliphatic carbocycles. The molecule has 6 rings (SSSR count). The number of carboxylic acids is 1. The first-order valence-corrected chi connectivity index (χ1v) is 15.9. The molecule has 50 heavy (non-hydrogen) atoms. The third kappa shape index (κ3) is 6.43. The molecule has 0 radical (unpaired) electrons. The van der Waals surface area contributed by atoms with Crippen molar-refractivity contribution in [1.29, 1.82) is 0 Å². The van der Waals surface area contributed by atoms with Crippen molar-refractivity contribution in [3.05, 3.63) is 129 Å². The number of amides is 1. The zero-order chi connectivity index (χ0) is 35.7. The zero-order valence-corrected chi connectivity index (χ0v) is 26.4. The maximum atomic E-state index is 15.1. The Kier molecular flexibility index (Phi) is 8.73. The topological polar surface area (TPSA) is 213 Å². The van der Waals surface area contributed by atoms with E-state index in [0.29, 0.717) is 28.9 Å². The Morgan fingerprint density at radius 3 is 2.28 bits per heavy atom. The van der Waals surface area contributed by atoms with Crippen LogP contribution in [0.15, 0.2) is 100 Å². The van der Waals surface area contributed by atoms with Gasteiger partial charge in [-0.15, -0.1) is 5.10 Å². The van der Waals surface area contributed by atoms with Gasteiger partial charge in [0.25, 0.3) is 21.5 Å². The second kappa shape index (κ2) is 13.1. The minimum atomic E-state index is -4.43. The van der Waals surface area contributed by atoms with Crippen LogP contribution in [0.5, 0.6) is 0 Å². The SMILES string of the molecule is Cn1c(=O)n(-c2ccc(C[C@H](NC(=O)c3c(F)cc(NS(=O)(=O)c4ccc(-n5ccnn5)cn4)cc3F)C(=O)O)cc2)c(=O)c2ccncc21. The molecule has 0 bridgehead atoms. The summed E-state index contributed by atoms with van der Waals surface area (Å²) in [6, 6.07) is 9.11. The van der Waals surface area contributed by atoms with Gasteiger partial charge in [0, 0.05) is 19.7 Å². The number of benzene rings is 2.